The van der Waals surface area contributed by atoms with Gasteiger partial charge in [0.25, 0.3) is 0 Å². The largest absolute Gasteiger partial charge is 0.490 e. The number of rotatable bonds is 8. The van der Waals surface area contributed by atoms with Crippen LogP contribution in [0.3, 0.4) is 0 Å². The molecule has 3 aliphatic rings. The predicted molar refractivity (Wildman–Crippen MR) is 200 cm³/mol. The van der Waals surface area contributed by atoms with Crippen molar-refractivity contribution in [2.75, 3.05) is 63.3 Å². The van der Waals surface area contributed by atoms with E-state index in [1.54, 1.807) is 12.1 Å². The number of hydrogen-bond donors (Lipinski definition) is 2. The average Bonchev–Trinajstić information content (AvgIpc) is 3.76. The summed E-state index contributed by atoms with van der Waals surface area (Å²) in [5, 5.41) is 9.02. The second kappa shape index (κ2) is 14.1. The number of carbonyl (C=O) groups is 1. The Morgan fingerprint density at radius 1 is 1.19 bits per heavy atom. The minimum atomic E-state index is -5.30. The number of ether oxygens (including phenoxy) is 2. The molecule has 2 saturated heterocycles. The van der Waals surface area contributed by atoms with Gasteiger partial charge >= 0.3 is 12.2 Å². The fraction of sp³-hybridized carbons (Fsp3) is 0.395. The van der Waals surface area contributed by atoms with Gasteiger partial charge in [0.15, 0.2) is 5.82 Å². The van der Waals surface area contributed by atoms with Crippen molar-refractivity contribution in [3.05, 3.63) is 58.8 Å². The van der Waals surface area contributed by atoms with E-state index < -0.39 is 81.5 Å². The zero-order valence-electron chi connectivity index (χ0n) is 30.6. The van der Waals surface area contributed by atoms with Crippen LogP contribution in [0.1, 0.15) is 48.4 Å². The van der Waals surface area contributed by atoms with Crippen LogP contribution >= 0.6 is 11.3 Å². The second-order valence-electron chi connectivity index (χ2n) is 14.6. The van der Waals surface area contributed by atoms with E-state index in [-0.39, 0.29) is 70.7 Å². The number of thiophene rings is 1. The number of amides is 1. The lowest BCUT2D eigenvalue weighted by atomic mass is 9.91. The van der Waals surface area contributed by atoms with E-state index in [4.69, 9.17) is 20.9 Å². The first-order valence-electron chi connectivity index (χ1n) is 18.0. The highest BCUT2D eigenvalue weighted by Gasteiger charge is 2.50. The predicted octanol–water partition coefficient (Wildman–Crippen LogP) is 6.61. The number of alkyl halides is 4. The van der Waals surface area contributed by atoms with Crippen molar-refractivity contribution in [2.45, 2.75) is 49.6 Å². The number of nitrogens with zero attached hydrogens (tertiary/aromatic N) is 7. The molecule has 2 fully saturated rings. The summed E-state index contributed by atoms with van der Waals surface area (Å²) < 4.78 is 106. The molecule has 3 atom stereocenters. The number of carbonyl (C=O) groups excluding carboxylic acids is 1. The van der Waals surface area contributed by atoms with Gasteiger partial charge in [-0.05, 0) is 37.1 Å². The Morgan fingerprint density at radius 3 is 2.70 bits per heavy atom. The normalized spacial score (nSPS) is 20.0. The highest BCUT2D eigenvalue weighted by Crippen LogP contribution is 2.54. The summed E-state index contributed by atoms with van der Waals surface area (Å²) in [6.07, 6.45) is -3.67. The summed E-state index contributed by atoms with van der Waals surface area (Å²) in [4.78, 5) is 31.4. The van der Waals surface area contributed by atoms with E-state index in [9.17, 15) is 14.4 Å². The highest BCUT2D eigenvalue weighted by atomic mass is 32.1. The smallest absolute Gasteiger partial charge is 0.420 e. The van der Waals surface area contributed by atoms with Gasteiger partial charge in [-0.1, -0.05) is 12.1 Å². The molecule has 0 radical (unpaired) electrons. The maximum Gasteiger partial charge on any atom is 0.420 e. The molecule has 0 spiro atoms. The van der Waals surface area contributed by atoms with Crippen molar-refractivity contribution in [1.82, 2.24) is 24.8 Å². The SMILES string of the molecule is CN(C)C(=O)C[C@H](c1cccnc1N)N1CCOc2c(C(F)(F)F)c(-c3ccc(F)c4sc(N)c(C#N)c34)c(F)c3nc(OC[C@@]45CCCN4C[C@H](F)C5)nc1c23. The summed E-state index contributed by atoms with van der Waals surface area (Å²) >= 11 is 0.642. The number of benzene rings is 2. The standard InChI is InChI=1S/C38H35F6N9O3S/c1-51(2)24(54)13-23(19-5-3-9-48-33(19)46)53-11-12-55-31-27-30(49-36(50-35(27)53)56-17-37-8-4-10-52(37)16-18(39)14-37)29(41)26(28(31)38(42,43)44)20-6-7-22(40)32-25(20)21(15-45)34(47)57-32/h3,5-7,9,18,23H,4,8,10-14,16-17,47H2,1-2H3,(H2,46,48)/t18-,23-,37+/m1/s1. The highest BCUT2D eigenvalue weighted by molar-refractivity contribution is 7.23. The van der Waals surface area contributed by atoms with Gasteiger partial charge in [0.2, 0.25) is 5.91 Å². The van der Waals surface area contributed by atoms with E-state index >= 15 is 22.0 Å². The lowest BCUT2D eigenvalue weighted by molar-refractivity contribution is -0.138. The number of halogens is 6. The van der Waals surface area contributed by atoms with Crippen LogP contribution in [-0.2, 0) is 11.0 Å². The van der Waals surface area contributed by atoms with Crippen molar-refractivity contribution < 1.29 is 40.6 Å². The molecule has 0 unspecified atom stereocenters. The van der Waals surface area contributed by atoms with Gasteiger partial charge in [0.05, 0.1) is 40.2 Å². The van der Waals surface area contributed by atoms with Gasteiger partial charge in [-0.2, -0.15) is 28.4 Å². The topological polar surface area (TPSA) is 160 Å². The number of nitriles is 1. The molecule has 1 amide bonds. The first kappa shape index (κ1) is 38.3. The molecule has 0 bridgehead atoms. The van der Waals surface area contributed by atoms with Crippen LogP contribution in [-0.4, -0.2) is 89.3 Å². The van der Waals surface area contributed by atoms with Gasteiger partial charge in [-0.3, -0.25) is 9.69 Å². The Morgan fingerprint density at radius 2 is 1.98 bits per heavy atom. The summed E-state index contributed by atoms with van der Waals surface area (Å²) in [5.74, 6) is -3.79. The summed E-state index contributed by atoms with van der Waals surface area (Å²) in [6.45, 7) is 0.131. The van der Waals surface area contributed by atoms with E-state index in [0.717, 1.165) is 18.6 Å². The summed E-state index contributed by atoms with van der Waals surface area (Å²) in [6, 6.07) is 5.40. The van der Waals surface area contributed by atoms with Crippen LogP contribution in [0.2, 0.25) is 0 Å². The van der Waals surface area contributed by atoms with Crippen LogP contribution in [0.25, 0.3) is 32.1 Å². The maximum absolute atomic E-state index is 17.6. The molecule has 12 nitrogen and oxygen atoms in total. The minimum Gasteiger partial charge on any atom is -0.490 e. The number of nitrogens with two attached hydrogens (primary N) is 2. The molecule has 19 heteroatoms. The Labute approximate surface area is 325 Å². The lowest BCUT2D eigenvalue weighted by Gasteiger charge is -2.34. The number of hydrogen-bond acceptors (Lipinski definition) is 12. The van der Waals surface area contributed by atoms with Crippen molar-refractivity contribution in [2.24, 2.45) is 0 Å². The molecule has 5 aromatic rings. The Kier molecular flexibility index (Phi) is 9.46. The molecule has 4 N–H and O–H groups in total. The fourth-order valence-corrected chi connectivity index (χ4v) is 9.41. The minimum absolute atomic E-state index is 0.0322. The first-order valence-corrected chi connectivity index (χ1v) is 18.8. The van der Waals surface area contributed by atoms with Gasteiger partial charge < -0.3 is 30.7 Å². The fourth-order valence-electron chi connectivity index (χ4n) is 8.46. The van der Waals surface area contributed by atoms with Crippen molar-refractivity contribution in [3.63, 3.8) is 0 Å². The van der Waals surface area contributed by atoms with Crippen LogP contribution in [0, 0.1) is 23.0 Å². The van der Waals surface area contributed by atoms with Gasteiger partial charge in [0, 0.05) is 49.8 Å². The average molecular weight is 812 g/mol. The van der Waals surface area contributed by atoms with Crippen LogP contribution in [0.4, 0.5) is 43.0 Å². The molecule has 0 aliphatic carbocycles. The molecular weight excluding hydrogens is 777 g/mol. The van der Waals surface area contributed by atoms with Crippen molar-refractivity contribution in [3.8, 4) is 29.0 Å². The molecule has 298 valence electrons. The van der Waals surface area contributed by atoms with Gasteiger partial charge in [-0.25, -0.2) is 18.2 Å². The van der Waals surface area contributed by atoms with Crippen LogP contribution < -0.4 is 25.8 Å². The van der Waals surface area contributed by atoms with Crippen LogP contribution in [0.15, 0.2) is 30.5 Å². The third kappa shape index (κ3) is 6.34. The van der Waals surface area contributed by atoms with E-state index in [1.807, 2.05) is 11.0 Å². The molecular formula is C38H35F6N9O3S. The third-order valence-corrected chi connectivity index (χ3v) is 12.1. The zero-order valence-corrected chi connectivity index (χ0v) is 31.4. The third-order valence-electron chi connectivity index (χ3n) is 11.0. The second-order valence-corrected chi connectivity index (χ2v) is 15.6. The van der Waals surface area contributed by atoms with Gasteiger partial charge in [-0.15, -0.1) is 11.3 Å². The van der Waals surface area contributed by atoms with Crippen molar-refractivity contribution in [1.29, 1.82) is 5.26 Å². The number of fused-ring (bicyclic) bond motifs is 2. The summed E-state index contributed by atoms with van der Waals surface area (Å²) in [7, 11) is 3.08. The number of anilines is 3. The summed E-state index contributed by atoms with van der Waals surface area (Å²) in [5.41, 5.74) is 7.94. The zero-order chi connectivity index (χ0) is 40.6. The Balaban J connectivity index is 1.43. The monoisotopic (exact) mass is 811 g/mol. The van der Waals surface area contributed by atoms with E-state index in [2.05, 4.69) is 15.0 Å². The molecule has 0 saturated carbocycles. The number of nitrogen functional groups attached to an aromatic ring is 2. The number of pyridine rings is 1. The first-order chi connectivity index (χ1) is 27.1. The number of aromatic nitrogens is 3. The quantitative estimate of drug-likeness (QED) is 0.162. The molecule has 8 rings (SSSR count). The maximum atomic E-state index is 17.6. The van der Waals surface area contributed by atoms with Crippen molar-refractivity contribution >= 4 is 54.9 Å². The van der Waals surface area contributed by atoms with E-state index in [1.165, 1.54) is 30.1 Å². The molecule has 3 aliphatic heterocycles. The van der Waals surface area contributed by atoms with Crippen LogP contribution in [0.5, 0.6) is 11.8 Å². The molecule has 6 heterocycles. The van der Waals surface area contributed by atoms with Gasteiger partial charge in [0.1, 0.15) is 64.7 Å². The molecule has 57 heavy (non-hydrogen) atoms. The molecule has 2 aromatic carbocycles. The Bertz CT molecular complexity index is 2490. The lowest BCUT2D eigenvalue weighted by Crippen LogP contribution is -2.43. The Hall–Kier alpha value is -5.61. The molecule has 3 aromatic heterocycles. The van der Waals surface area contributed by atoms with E-state index in [0.29, 0.717) is 29.9 Å².